The lowest BCUT2D eigenvalue weighted by Gasteiger charge is -2.60. The van der Waals surface area contributed by atoms with Crippen LogP contribution in [0.3, 0.4) is 0 Å². The molecular weight excluding hydrogens is 1630 g/mol. The number of benzene rings is 3. The molecule has 37 heteroatoms. The van der Waals surface area contributed by atoms with E-state index in [9.17, 15) is 86.2 Å². The van der Waals surface area contributed by atoms with E-state index in [4.69, 9.17) is 75.8 Å². The summed E-state index contributed by atoms with van der Waals surface area (Å²) in [6.07, 6.45) is -35.1. The number of aromatic hydroxyl groups is 4. The Morgan fingerprint density at radius 1 is 0.484 bits per heavy atom. The molecule has 0 aromatic heterocycles. The predicted molar refractivity (Wildman–Crippen MR) is 412 cm³/mol. The normalized spacial score (nSPS) is 43.2. The lowest BCUT2D eigenvalue weighted by atomic mass is 9.86. The Morgan fingerprint density at radius 3 is 1.44 bits per heavy atom. The third kappa shape index (κ3) is 13.6. The molecule has 37 nitrogen and oxygen atoms in total. The summed E-state index contributed by atoms with van der Waals surface area (Å²) in [6, 6.07) is 1.25. The molecule has 4 bridgehead atoms. The lowest BCUT2D eigenvalue weighted by Crippen LogP contribution is -2.80. The zero-order valence-electron chi connectivity index (χ0n) is 70.0. The van der Waals surface area contributed by atoms with Gasteiger partial charge in [0.2, 0.25) is 23.1 Å². The van der Waals surface area contributed by atoms with Crippen molar-refractivity contribution >= 4 is 51.0 Å². The fraction of sp³-hybridized carbons (Fsp3) is 0.718. The van der Waals surface area contributed by atoms with Crippen molar-refractivity contribution in [3.8, 4) is 34.5 Å². The SMILES string of the molecule is COC1=[13C]([13c]2c(OC)[13c](OC)c3[13cH]c4[13c](c(O)[13c]3c2O)C(=O)[13C]2(O)C([13CH2]4)[13CH](OC3CC(O)C(O)C(C)O3)C(O)[13CH](OC3CCC(OC4CCC(O)(C(C)=O)C(C)O4)C(C)O3)C2(O)[13CH2]C[13CH3])C(=O)[13c]2c([13c](O)c3[13c](c2O)C(=O)[13C]2(O)C4[13CH]3OC2([13CH2]C[13CH3])[13CH](OC2CCC(OC3CCC(O)(C(C)=O)C(C)O3)C(C)O2)C(O)[13CH]4OC2CC(O)C(O)C(C)O2)C1=O. The van der Waals surface area contributed by atoms with Gasteiger partial charge in [-0.1, -0.05) is 26.7 Å². The second-order valence-corrected chi connectivity index (χ2v) is 35.1. The van der Waals surface area contributed by atoms with E-state index in [1.807, 2.05) is 0 Å². The van der Waals surface area contributed by atoms with E-state index in [2.05, 4.69) is 0 Å². The first-order valence-corrected chi connectivity index (χ1v) is 42.0. The minimum absolute atomic E-state index is 0.0101. The Kier molecular flexibility index (Phi) is 24.3. The van der Waals surface area contributed by atoms with Crippen LogP contribution in [0.15, 0.2) is 11.8 Å². The Morgan fingerprint density at radius 2 is 0.959 bits per heavy atom. The van der Waals surface area contributed by atoms with Crippen LogP contribution in [0.5, 0.6) is 34.5 Å². The summed E-state index contributed by atoms with van der Waals surface area (Å²) in [4.78, 5) is 89.5. The van der Waals surface area contributed by atoms with E-state index < -0.39 is 344 Å². The zero-order valence-corrected chi connectivity index (χ0v) is 70.0. The first-order chi connectivity index (χ1) is 57.5. The van der Waals surface area contributed by atoms with E-state index >= 15 is 19.2 Å². The molecule has 0 radical (unpaired) electrons. The van der Waals surface area contributed by atoms with Gasteiger partial charge < -0.3 is 152 Å². The number of phenols is 4. The molecule has 12 aliphatic rings. The summed E-state index contributed by atoms with van der Waals surface area (Å²) in [6.45, 7) is 15.1. The zero-order chi connectivity index (χ0) is 88.5. The molecular formula is C85H112O37. The maximum atomic E-state index is 16.4. The number of ketones is 6. The fourth-order valence-electron chi connectivity index (χ4n) is 21.7. The van der Waals surface area contributed by atoms with E-state index in [1.54, 1.807) is 41.5 Å². The van der Waals surface area contributed by atoms with Gasteiger partial charge in [-0.3, -0.25) is 28.8 Å². The summed E-state index contributed by atoms with van der Waals surface area (Å²) in [5.74, 6) is -17.3. The molecule has 7 heterocycles. The third-order valence-corrected chi connectivity index (χ3v) is 28.3. The van der Waals surface area contributed by atoms with Crippen LogP contribution in [-0.4, -0.2) is 314 Å². The number of hydrogen-bond acceptors (Lipinski definition) is 37. The molecule has 674 valence electrons. The number of phenolic OH excluding ortho intramolecular Hbond substituents is 4. The number of aliphatic hydroxyl groups excluding tert-OH is 6. The van der Waals surface area contributed by atoms with Gasteiger partial charge in [0, 0.05) is 55.4 Å². The van der Waals surface area contributed by atoms with E-state index in [1.165, 1.54) is 33.8 Å². The van der Waals surface area contributed by atoms with Gasteiger partial charge in [0.05, 0.1) is 145 Å². The maximum absolute atomic E-state index is 16.4. The van der Waals surface area contributed by atoms with Crippen molar-refractivity contribution in [2.75, 3.05) is 21.3 Å². The number of allylic oxidation sites excluding steroid dienone is 2. The van der Waals surface area contributed by atoms with Crippen molar-refractivity contribution < 1.29 is 181 Å². The molecule has 15 rings (SSSR count). The van der Waals surface area contributed by atoms with Crippen molar-refractivity contribution in [3.63, 3.8) is 0 Å². The Balaban J connectivity index is 0.798. The average molecular weight is 1750 g/mol. The number of carbonyl (C=O) groups is 6. The van der Waals surface area contributed by atoms with Gasteiger partial charge in [-0.15, -0.1) is 0 Å². The van der Waals surface area contributed by atoms with Crippen LogP contribution in [0.2, 0.25) is 0 Å². The van der Waals surface area contributed by atoms with Crippen molar-refractivity contribution in [2.24, 2.45) is 11.8 Å². The van der Waals surface area contributed by atoms with Gasteiger partial charge in [-0.2, -0.15) is 0 Å². The number of fused-ring (bicyclic) bond motifs is 6. The van der Waals surface area contributed by atoms with Gasteiger partial charge in [0.15, 0.2) is 77.8 Å². The van der Waals surface area contributed by atoms with Gasteiger partial charge in [0.1, 0.15) is 82.0 Å². The number of carbonyl (C=O) groups excluding carboxylic acids is 6. The molecule has 15 N–H and O–H groups in total. The highest BCUT2D eigenvalue weighted by Crippen LogP contribution is 2.69. The highest BCUT2D eigenvalue weighted by atomic mass is 16.8. The molecule has 122 heavy (non-hydrogen) atoms. The van der Waals surface area contributed by atoms with Crippen LogP contribution in [0.1, 0.15) is 223 Å². The molecule has 9 fully saturated rings. The van der Waals surface area contributed by atoms with Crippen LogP contribution in [0.25, 0.3) is 16.3 Å². The van der Waals surface area contributed by atoms with Crippen LogP contribution in [0, 0.1) is 11.8 Å². The topological polar surface area (TPSA) is 554 Å². The molecule has 0 amide bonds. The quantitative estimate of drug-likeness (QED) is 0.0507. The Bertz CT molecular complexity index is 4640. The van der Waals surface area contributed by atoms with E-state index in [0.717, 1.165) is 21.3 Å². The average Bonchev–Trinajstić information content (AvgIpc) is 1.54. The van der Waals surface area contributed by atoms with Crippen molar-refractivity contribution in [2.45, 2.75) is 353 Å². The summed E-state index contributed by atoms with van der Waals surface area (Å²) < 4.78 is 101. The summed E-state index contributed by atoms with van der Waals surface area (Å²) in [7, 11) is 3.09. The van der Waals surface area contributed by atoms with Crippen LogP contribution >= 0.6 is 0 Å². The summed E-state index contributed by atoms with van der Waals surface area (Å²) in [5, 5.41) is 185. The molecule has 5 aliphatic carbocycles. The number of ether oxygens (including phenoxy) is 16. The molecule has 3 aromatic rings. The van der Waals surface area contributed by atoms with Gasteiger partial charge in [-0.05, 0) is 112 Å². The smallest absolute Gasteiger partial charge is 0.232 e. The number of rotatable bonds is 22. The number of hydrogen-bond donors (Lipinski definition) is 15. The second-order valence-electron chi connectivity index (χ2n) is 35.1. The molecule has 7 saturated heterocycles. The molecule has 2 saturated carbocycles. The molecule has 33 atom stereocenters. The maximum Gasteiger partial charge on any atom is 0.232 e. The summed E-state index contributed by atoms with van der Waals surface area (Å²) >= 11 is 0. The first kappa shape index (κ1) is 90.1. The molecule has 0 spiro atoms. The lowest BCUT2D eigenvalue weighted by molar-refractivity contribution is -0.358. The minimum atomic E-state index is -3.21. The molecule has 33 unspecified atom stereocenters. The number of aliphatic hydroxyl groups is 11. The largest absolute Gasteiger partial charge is 0.507 e. The highest BCUT2D eigenvalue weighted by molar-refractivity contribution is 6.43. The Labute approximate surface area is 700 Å². The number of methoxy groups -OCH3 is 3. The fourth-order valence-corrected chi connectivity index (χ4v) is 21.7. The first-order valence-electron chi connectivity index (χ1n) is 42.0. The van der Waals surface area contributed by atoms with Crippen molar-refractivity contribution in [3.05, 3.63) is 50.8 Å². The van der Waals surface area contributed by atoms with Crippen LogP contribution < -0.4 is 9.47 Å². The molecule has 3 aromatic carbocycles. The van der Waals surface area contributed by atoms with Gasteiger partial charge in [0.25, 0.3) is 0 Å². The van der Waals surface area contributed by atoms with E-state index in [0.29, 0.717) is 0 Å². The van der Waals surface area contributed by atoms with Gasteiger partial charge in [-0.25, -0.2) is 0 Å². The number of Topliss-reactive ketones (excluding diaryl/α,β-unsaturated/α-hetero) is 6. The third-order valence-electron chi connectivity index (χ3n) is 28.3. The van der Waals surface area contributed by atoms with Gasteiger partial charge >= 0.3 is 0 Å². The summed E-state index contributed by atoms with van der Waals surface area (Å²) in [5.41, 5.74) is -21.6. The second kappa shape index (κ2) is 32.9. The van der Waals surface area contributed by atoms with Crippen molar-refractivity contribution in [1.29, 1.82) is 0 Å². The Hall–Kier alpha value is -6.68. The highest BCUT2D eigenvalue weighted by Gasteiger charge is 2.82. The van der Waals surface area contributed by atoms with Crippen molar-refractivity contribution in [1.82, 2.24) is 0 Å². The molecule has 7 aliphatic heterocycles. The monoisotopic (exact) mass is 1750 g/mol. The van der Waals surface area contributed by atoms with Crippen LogP contribution in [-0.2, 0) is 82.3 Å². The van der Waals surface area contributed by atoms with E-state index in [-0.39, 0.29) is 81.6 Å². The van der Waals surface area contributed by atoms with Crippen LogP contribution in [0.4, 0.5) is 0 Å². The minimum Gasteiger partial charge on any atom is -0.507 e. The standard InChI is InChI=1S/C85H112O37/c1-14-22-82(104)78(120-45-18-16-43(30(3)110-45)116-47-20-24-80(102,34(7)86)36(9)114-47)68(98)71(118-49-28-41(88)60(90)32(5)112-49)40-27-38-26-39-52(62(92)51(38)76(100)84(40,82)105)63(93)56(74(109-13)70(39)107-11)55-64(94)53-54(67(97)73(55)108-12)65(95)57-58(66(53)96)77(101)85(106)59-72(57)122-83(85,23-15-2)79(69(99)75(59)119-50-29-42(89)61(91)33(6)113-50)121-46-19-17-44(31(4)111-46)117-48-21-25-81(103,35(8)87)37(10)115-48/h26,30-33,36-37,40-50,59-61,68-69,71-72,75,78-79,88-93,95-96,98-99,102-106H,14-25,27-29H2,1-13H3/i1+1,2+1,22+1,23+1,26+1,27+1,51+1,52+1,53+1,55+1,56+1,58+1,65+1,70+1,71+1,72+1,75+1,78+1,79+1,84+1,85+1. The predicted octanol–water partition coefficient (Wildman–Crippen LogP) is 2.40.